The van der Waals surface area contributed by atoms with Crippen LogP contribution >= 0.6 is 39.3 Å². The Morgan fingerprint density at radius 3 is 2.52 bits per heavy atom. The molecule has 0 heterocycles. The monoisotopic (exact) mass is 391 g/mol. The fourth-order valence-corrected chi connectivity index (χ4v) is 2.85. The quantitative estimate of drug-likeness (QED) is 0.733. The van der Waals surface area contributed by atoms with Crippen molar-refractivity contribution >= 4 is 50.9 Å². The predicted molar refractivity (Wildman–Crippen MR) is 84.9 cm³/mol. The second kappa shape index (κ2) is 7.24. The number of rotatable bonds is 4. The molecule has 0 saturated carbocycles. The van der Waals surface area contributed by atoms with Crippen LogP contribution in [0.3, 0.4) is 0 Å². The molecule has 2 nitrogen and oxygen atoms in total. The number of anilines is 1. The van der Waals surface area contributed by atoms with Gasteiger partial charge in [0.25, 0.3) is 0 Å². The molecule has 7 heteroatoms. The third kappa shape index (κ3) is 4.69. The number of amides is 1. The van der Waals surface area contributed by atoms with Gasteiger partial charge in [-0.15, -0.1) is 11.8 Å². The SMILES string of the molecule is O=C(CSc1ccc(Cl)cc1)Nc1c(F)cc(F)cc1Br. The fourth-order valence-electron chi connectivity index (χ4n) is 1.52. The van der Waals surface area contributed by atoms with Gasteiger partial charge in [0, 0.05) is 20.5 Å². The molecule has 1 amide bonds. The van der Waals surface area contributed by atoms with Crippen LogP contribution in [0.25, 0.3) is 0 Å². The summed E-state index contributed by atoms with van der Waals surface area (Å²) < 4.78 is 26.7. The standard InChI is InChI=1S/C14H9BrClF2NOS/c15-11-5-9(17)6-12(18)14(11)19-13(20)7-21-10-3-1-8(16)2-4-10/h1-6H,7H2,(H,19,20). The van der Waals surface area contributed by atoms with E-state index >= 15 is 0 Å². The van der Waals surface area contributed by atoms with Gasteiger partial charge in [0.15, 0.2) is 5.82 Å². The third-order valence-corrected chi connectivity index (χ3v) is 4.34. The molecule has 0 saturated heterocycles. The molecule has 21 heavy (non-hydrogen) atoms. The van der Waals surface area contributed by atoms with E-state index in [1.165, 1.54) is 11.8 Å². The first-order valence-electron chi connectivity index (χ1n) is 5.78. The summed E-state index contributed by atoms with van der Waals surface area (Å²) in [5.74, 6) is -1.83. The molecule has 0 aliphatic heterocycles. The number of carbonyl (C=O) groups excluding carboxylic acids is 1. The van der Waals surface area contributed by atoms with E-state index in [4.69, 9.17) is 11.6 Å². The van der Waals surface area contributed by atoms with Crippen LogP contribution in [0.2, 0.25) is 5.02 Å². The van der Waals surface area contributed by atoms with Crippen molar-refractivity contribution < 1.29 is 13.6 Å². The maximum atomic E-state index is 13.6. The van der Waals surface area contributed by atoms with E-state index in [1.807, 2.05) is 0 Å². The highest BCUT2D eigenvalue weighted by atomic mass is 79.9. The van der Waals surface area contributed by atoms with Crippen LogP contribution in [0.4, 0.5) is 14.5 Å². The molecule has 0 aromatic heterocycles. The molecule has 0 unspecified atom stereocenters. The van der Waals surface area contributed by atoms with Crippen LogP contribution < -0.4 is 5.32 Å². The molecule has 0 aliphatic rings. The zero-order valence-corrected chi connectivity index (χ0v) is 13.7. The van der Waals surface area contributed by atoms with E-state index in [0.717, 1.165) is 11.0 Å². The van der Waals surface area contributed by atoms with Crippen LogP contribution in [0.5, 0.6) is 0 Å². The minimum absolute atomic E-state index is 0.0712. The molecule has 0 spiro atoms. The van der Waals surface area contributed by atoms with Crippen LogP contribution in [-0.2, 0) is 4.79 Å². The minimum Gasteiger partial charge on any atom is -0.322 e. The van der Waals surface area contributed by atoms with E-state index in [0.29, 0.717) is 11.1 Å². The molecule has 0 aliphatic carbocycles. The van der Waals surface area contributed by atoms with E-state index in [2.05, 4.69) is 21.2 Å². The van der Waals surface area contributed by atoms with Crippen LogP contribution in [-0.4, -0.2) is 11.7 Å². The molecule has 0 bridgehead atoms. The van der Waals surface area contributed by atoms with Gasteiger partial charge in [0.2, 0.25) is 5.91 Å². The lowest BCUT2D eigenvalue weighted by Gasteiger charge is -2.08. The summed E-state index contributed by atoms with van der Waals surface area (Å²) in [4.78, 5) is 12.7. The normalized spacial score (nSPS) is 10.5. The van der Waals surface area contributed by atoms with Crippen molar-refractivity contribution in [1.82, 2.24) is 0 Å². The largest absolute Gasteiger partial charge is 0.322 e. The highest BCUT2D eigenvalue weighted by Gasteiger charge is 2.13. The van der Waals surface area contributed by atoms with Crippen molar-refractivity contribution in [3.05, 3.63) is 57.5 Å². The second-order valence-electron chi connectivity index (χ2n) is 4.04. The molecule has 2 aromatic rings. The molecule has 2 rings (SSSR count). The molecule has 0 radical (unpaired) electrons. The van der Waals surface area contributed by atoms with Crippen molar-refractivity contribution in [3.8, 4) is 0 Å². The molecule has 0 atom stereocenters. The Hall–Kier alpha value is -1.11. The molecule has 0 fully saturated rings. The third-order valence-electron chi connectivity index (χ3n) is 2.45. The van der Waals surface area contributed by atoms with Gasteiger partial charge in [-0.25, -0.2) is 8.78 Å². The summed E-state index contributed by atoms with van der Waals surface area (Å²) >= 11 is 10.1. The smallest absolute Gasteiger partial charge is 0.234 e. The first kappa shape index (κ1) is 16.3. The Kier molecular flexibility index (Phi) is 5.61. The number of hydrogen-bond donors (Lipinski definition) is 1. The van der Waals surface area contributed by atoms with Gasteiger partial charge in [-0.1, -0.05) is 11.6 Å². The first-order valence-corrected chi connectivity index (χ1v) is 7.94. The summed E-state index contributed by atoms with van der Waals surface area (Å²) in [7, 11) is 0. The van der Waals surface area contributed by atoms with Crippen molar-refractivity contribution in [2.75, 3.05) is 11.1 Å². The maximum absolute atomic E-state index is 13.6. The topological polar surface area (TPSA) is 29.1 Å². The minimum atomic E-state index is -0.827. The number of nitrogens with one attached hydrogen (secondary N) is 1. The van der Waals surface area contributed by atoms with Crippen LogP contribution in [0.15, 0.2) is 45.8 Å². The van der Waals surface area contributed by atoms with Crippen LogP contribution in [0.1, 0.15) is 0 Å². The van der Waals surface area contributed by atoms with Gasteiger partial charge >= 0.3 is 0 Å². The lowest BCUT2D eigenvalue weighted by Crippen LogP contribution is -2.15. The van der Waals surface area contributed by atoms with Gasteiger partial charge in [-0.3, -0.25) is 4.79 Å². The number of thioether (sulfide) groups is 1. The zero-order chi connectivity index (χ0) is 15.4. The average molecular weight is 393 g/mol. The molecule has 2 aromatic carbocycles. The zero-order valence-electron chi connectivity index (χ0n) is 10.5. The number of carbonyl (C=O) groups is 1. The summed E-state index contributed by atoms with van der Waals surface area (Å²) in [5, 5.41) is 3.03. The number of halogens is 4. The van der Waals surface area contributed by atoms with Crippen LogP contribution in [0, 0.1) is 11.6 Å². The van der Waals surface area contributed by atoms with E-state index in [1.54, 1.807) is 24.3 Å². The van der Waals surface area contributed by atoms with Gasteiger partial charge in [0.05, 0.1) is 11.4 Å². The van der Waals surface area contributed by atoms with E-state index < -0.39 is 11.6 Å². The molecule has 1 N–H and O–H groups in total. The molecular weight excluding hydrogens is 384 g/mol. The molecule has 110 valence electrons. The van der Waals surface area contributed by atoms with Gasteiger partial charge in [-0.05, 0) is 46.3 Å². The maximum Gasteiger partial charge on any atom is 0.234 e. The van der Waals surface area contributed by atoms with Gasteiger partial charge in [0.1, 0.15) is 5.82 Å². The average Bonchev–Trinajstić information content (AvgIpc) is 2.42. The predicted octanol–water partition coefficient (Wildman–Crippen LogP) is 5.11. The first-order chi connectivity index (χ1) is 9.95. The summed E-state index contributed by atoms with van der Waals surface area (Å²) in [5.41, 5.74) is -0.0712. The summed E-state index contributed by atoms with van der Waals surface area (Å²) in [6.07, 6.45) is 0. The Morgan fingerprint density at radius 2 is 1.90 bits per heavy atom. The number of benzene rings is 2. The lowest BCUT2D eigenvalue weighted by molar-refractivity contribution is -0.113. The Labute approximate surface area is 138 Å². The van der Waals surface area contributed by atoms with Crippen molar-refractivity contribution in [3.63, 3.8) is 0 Å². The van der Waals surface area contributed by atoms with Gasteiger partial charge < -0.3 is 5.32 Å². The van der Waals surface area contributed by atoms with E-state index in [-0.39, 0.29) is 21.8 Å². The summed E-state index contributed by atoms with van der Waals surface area (Å²) in [6.45, 7) is 0. The Balaban J connectivity index is 1.97. The van der Waals surface area contributed by atoms with Gasteiger partial charge in [-0.2, -0.15) is 0 Å². The Bertz CT molecular complexity index is 644. The van der Waals surface area contributed by atoms with E-state index in [9.17, 15) is 13.6 Å². The van der Waals surface area contributed by atoms with Crippen molar-refractivity contribution in [1.29, 1.82) is 0 Å². The van der Waals surface area contributed by atoms with Crippen molar-refractivity contribution in [2.24, 2.45) is 0 Å². The lowest BCUT2D eigenvalue weighted by atomic mass is 10.3. The highest BCUT2D eigenvalue weighted by molar-refractivity contribution is 9.10. The van der Waals surface area contributed by atoms with Crippen molar-refractivity contribution in [2.45, 2.75) is 4.90 Å². The second-order valence-corrected chi connectivity index (χ2v) is 6.37. The fraction of sp³-hybridized carbons (Fsp3) is 0.0714. The summed E-state index contributed by atoms with van der Waals surface area (Å²) in [6, 6.07) is 8.82. The Morgan fingerprint density at radius 1 is 1.24 bits per heavy atom. The molecular formula is C14H9BrClF2NOS. The highest BCUT2D eigenvalue weighted by Crippen LogP contribution is 2.27. The number of hydrogen-bond acceptors (Lipinski definition) is 2.